The van der Waals surface area contributed by atoms with Crippen molar-refractivity contribution in [2.75, 3.05) is 26.4 Å². The van der Waals surface area contributed by atoms with Crippen LogP contribution in [-0.4, -0.2) is 49.3 Å². The molecule has 0 aromatic carbocycles. The molecule has 0 aromatic rings. The number of esters is 2. The summed E-state index contributed by atoms with van der Waals surface area (Å²) in [6.45, 7) is 3.63. The molecule has 0 radical (unpaired) electrons. The van der Waals surface area contributed by atoms with E-state index in [1.165, 1.54) is 199 Å². The summed E-state index contributed by atoms with van der Waals surface area (Å²) in [5, 5.41) is 0. The van der Waals surface area contributed by atoms with Crippen molar-refractivity contribution >= 4 is 19.8 Å². The van der Waals surface area contributed by atoms with Crippen LogP contribution in [0.1, 0.15) is 309 Å². The van der Waals surface area contributed by atoms with Gasteiger partial charge in [0, 0.05) is 19.4 Å². The van der Waals surface area contributed by atoms with Crippen molar-refractivity contribution in [2.24, 2.45) is 5.73 Å². The number of rotatable bonds is 61. The first-order valence-electron chi connectivity index (χ1n) is 32.4. The maximum absolute atomic E-state index is 12.7. The van der Waals surface area contributed by atoms with Gasteiger partial charge >= 0.3 is 19.8 Å². The van der Waals surface area contributed by atoms with E-state index >= 15 is 0 Å². The number of allylic oxidation sites excluding steroid dienone is 12. The van der Waals surface area contributed by atoms with Crippen molar-refractivity contribution < 1.29 is 37.6 Å². The van der Waals surface area contributed by atoms with Crippen molar-refractivity contribution in [3.05, 3.63) is 72.9 Å². The van der Waals surface area contributed by atoms with Gasteiger partial charge in [-0.05, 0) is 83.5 Å². The highest BCUT2D eigenvalue weighted by Crippen LogP contribution is 2.43. The normalized spacial score (nSPS) is 13.5. The maximum Gasteiger partial charge on any atom is 0.472 e. The molecule has 448 valence electrons. The van der Waals surface area contributed by atoms with Crippen molar-refractivity contribution in [1.29, 1.82) is 0 Å². The lowest BCUT2D eigenvalue weighted by Crippen LogP contribution is -2.29. The third kappa shape index (κ3) is 62.5. The molecule has 10 heteroatoms. The van der Waals surface area contributed by atoms with Gasteiger partial charge in [-0.15, -0.1) is 0 Å². The molecule has 0 saturated carbocycles. The largest absolute Gasteiger partial charge is 0.472 e. The molecule has 0 aromatic heterocycles. The minimum Gasteiger partial charge on any atom is -0.462 e. The van der Waals surface area contributed by atoms with Crippen LogP contribution in [0.5, 0.6) is 0 Å². The quantitative estimate of drug-likeness (QED) is 0.0264. The van der Waals surface area contributed by atoms with Crippen LogP contribution in [0.25, 0.3) is 0 Å². The van der Waals surface area contributed by atoms with Gasteiger partial charge in [0.15, 0.2) is 6.10 Å². The van der Waals surface area contributed by atoms with E-state index < -0.39 is 26.5 Å². The third-order valence-corrected chi connectivity index (χ3v) is 15.1. The molecule has 0 fully saturated rings. The van der Waals surface area contributed by atoms with Crippen LogP contribution in [-0.2, 0) is 32.7 Å². The standard InChI is InChI=1S/C67H122NO8P/c1-3-5-7-9-11-13-15-17-19-21-22-23-24-25-26-27-28-29-30-31-32-33-34-35-36-37-38-39-40-41-42-44-46-48-50-52-54-56-58-60-67(70)76-65(64-75-77(71,72)74-62-61-68)63-73-66(69)59-57-55-53-51-49-47-45-43-20-18-16-14-12-10-8-6-4-2/h5,7,11-14,17-20,22-23,65H,3-4,6,8-10,15-16,21,24-64,68H2,1-2H3,(H,71,72)/b7-5-,13-11-,14-12-,19-17-,20-18-,23-22-. The number of phosphoric acid groups is 1. The molecule has 77 heavy (non-hydrogen) atoms. The summed E-state index contributed by atoms with van der Waals surface area (Å²) < 4.78 is 33.1. The summed E-state index contributed by atoms with van der Waals surface area (Å²) in [5.41, 5.74) is 5.39. The number of hydrogen-bond donors (Lipinski definition) is 2. The van der Waals surface area contributed by atoms with Crippen molar-refractivity contribution in [3.63, 3.8) is 0 Å². The Hall–Kier alpha value is -2.55. The molecule has 2 atom stereocenters. The zero-order chi connectivity index (χ0) is 55.9. The minimum absolute atomic E-state index is 0.0523. The Morgan fingerprint density at radius 3 is 1.06 bits per heavy atom. The summed E-state index contributed by atoms with van der Waals surface area (Å²) in [4.78, 5) is 35.2. The van der Waals surface area contributed by atoms with Gasteiger partial charge in [-0.1, -0.05) is 286 Å². The van der Waals surface area contributed by atoms with E-state index in [1.54, 1.807) is 0 Å². The summed E-state index contributed by atoms with van der Waals surface area (Å²) in [6, 6.07) is 0. The van der Waals surface area contributed by atoms with E-state index in [1.807, 2.05) is 0 Å². The van der Waals surface area contributed by atoms with Gasteiger partial charge in [0.1, 0.15) is 6.61 Å². The molecule has 0 saturated heterocycles. The Morgan fingerprint density at radius 2 is 0.714 bits per heavy atom. The second-order valence-electron chi connectivity index (χ2n) is 21.6. The van der Waals surface area contributed by atoms with Crippen LogP contribution in [0.3, 0.4) is 0 Å². The molecule has 2 unspecified atom stereocenters. The molecule has 0 aliphatic carbocycles. The highest BCUT2D eigenvalue weighted by molar-refractivity contribution is 7.47. The van der Waals surface area contributed by atoms with E-state index in [-0.39, 0.29) is 38.6 Å². The number of phosphoric ester groups is 1. The molecule has 0 amide bonds. The van der Waals surface area contributed by atoms with E-state index in [0.717, 1.165) is 77.0 Å². The number of carbonyl (C=O) groups is 2. The van der Waals surface area contributed by atoms with Crippen molar-refractivity contribution in [2.45, 2.75) is 315 Å². The highest BCUT2D eigenvalue weighted by Gasteiger charge is 2.26. The van der Waals surface area contributed by atoms with Crippen LogP contribution in [0, 0.1) is 0 Å². The monoisotopic (exact) mass is 1100 g/mol. The summed E-state index contributed by atoms with van der Waals surface area (Å²) >= 11 is 0. The Bertz CT molecular complexity index is 1490. The predicted octanol–water partition coefficient (Wildman–Crippen LogP) is 20.9. The SMILES string of the molecule is CC/C=C\C/C=C\C/C=C\C/C=C\CCCCCCCCCCCCCCCCCCCCCCCCCCCCC(=O)OC(COC(=O)CCCCCCCCC/C=C\C/C=C\CCCCC)COP(=O)(O)OCCN. The van der Waals surface area contributed by atoms with Gasteiger partial charge in [-0.2, -0.15) is 0 Å². The first-order chi connectivity index (χ1) is 37.8. The summed E-state index contributed by atoms with van der Waals surface area (Å²) in [5.74, 6) is -0.825. The lowest BCUT2D eigenvalue weighted by atomic mass is 10.0. The Labute approximate surface area is 475 Å². The number of hydrogen-bond acceptors (Lipinski definition) is 8. The fourth-order valence-corrected chi connectivity index (χ4v) is 10.1. The van der Waals surface area contributed by atoms with Gasteiger partial charge in [-0.3, -0.25) is 18.6 Å². The van der Waals surface area contributed by atoms with E-state index in [4.69, 9.17) is 24.3 Å². The zero-order valence-electron chi connectivity index (χ0n) is 50.2. The van der Waals surface area contributed by atoms with Gasteiger partial charge in [0.2, 0.25) is 0 Å². The van der Waals surface area contributed by atoms with Crippen LogP contribution in [0.2, 0.25) is 0 Å². The first kappa shape index (κ1) is 74.5. The average molecular weight is 1100 g/mol. The zero-order valence-corrected chi connectivity index (χ0v) is 51.1. The highest BCUT2D eigenvalue weighted by atomic mass is 31.2. The van der Waals surface area contributed by atoms with Gasteiger partial charge < -0.3 is 20.1 Å². The topological polar surface area (TPSA) is 134 Å². The number of ether oxygens (including phenoxy) is 2. The van der Waals surface area contributed by atoms with Crippen LogP contribution in [0.4, 0.5) is 0 Å². The summed E-state index contributed by atoms with van der Waals surface area (Å²) in [7, 11) is -4.39. The molecule has 0 spiro atoms. The fraction of sp³-hybridized carbons (Fsp3) is 0.791. The third-order valence-electron chi connectivity index (χ3n) is 14.1. The molecule has 0 bridgehead atoms. The molecule has 0 heterocycles. The number of unbranched alkanes of at least 4 members (excludes halogenated alkanes) is 36. The molecular weight excluding hydrogens is 978 g/mol. The van der Waals surface area contributed by atoms with Crippen LogP contribution in [0.15, 0.2) is 72.9 Å². The average Bonchev–Trinajstić information content (AvgIpc) is 3.42. The molecular formula is C67H122NO8P. The molecule has 0 aliphatic heterocycles. The molecule has 9 nitrogen and oxygen atoms in total. The number of carbonyl (C=O) groups excluding carboxylic acids is 2. The lowest BCUT2D eigenvalue weighted by Gasteiger charge is -2.19. The van der Waals surface area contributed by atoms with Crippen molar-refractivity contribution in [1.82, 2.24) is 0 Å². The van der Waals surface area contributed by atoms with Crippen LogP contribution >= 0.6 is 7.82 Å². The maximum atomic E-state index is 12.7. The van der Waals surface area contributed by atoms with E-state index in [9.17, 15) is 19.0 Å². The van der Waals surface area contributed by atoms with Crippen molar-refractivity contribution in [3.8, 4) is 0 Å². The predicted molar refractivity (Wildman–Crippen MR) is 330 cm³/mol. The van der Waals surface area contributed by atoms with E-state index in [0.29, 0.717) is 6.42 Å². The molecule has 0 rings (SSSR count). The molecule has 3 N–H and O–H groups in total. The second-order valence-corrected chi connectivity index (χ2v) is 23.1. The van der Waals surface area contributed by atoms with E-state index in [2.05, 4.69) is 86.8 Å². The fourth-order valence-electron chi connectivity index (χ4n) is 9.31. The Balaban J connectivity index is 3.78. The number of nitrogens with two attached hydrogens (primary N) is 1. The van der Waals surface area contributed by atoms with Gasteiger partial charge in [0.25, 0.3) is 0 Å². The first-order valence-corrected chi connectivity index (χ1v) is 33.9. The Kier molecular flexibility index (Phi) is 60.6. The molecule has 0 aliphatic rings. The van der Waals surface area contributed by atoms with Crippen LogP contribution < -0.4 is 5.73 Å². The van der Waals surface area contributed by atoms with Gasteiger partial charge in [0.05, 0.1) is 13.2 Å². The summed E-state index contributed by atoms with van der Waals surface area (Å²) in [6.07, 6.45) is 81.4. The smallest absolute Gasteiger partial charge is 0.462 e. The lowest BCUT2D eigenvalue weighted by molar-refractivity contribution is -0.161. The van der Waals surface area contributed by atoms with Gasteiger partial charge in [-0.25, -0.2) is 4.57 Å². The Morgan fingerprint density at radius 1 is 0.403 bits per heavy atom. The second kappa shape index (κ2) is 62.6. The minimum atomic E-state index is -4.39.